The fourth-order valence-corrected chi connectivity index (χ4v) is 4.12. The predicted octanol–water partition coefficient (Wildman–Crippen LogP) is 3.33. The molecule has 1 saturated heterocycles. The van der Waals surface area contributed by atoms with Gasteiger partial charge in [0.05, 0.1) is 34.9 Å². The number of aromatic nitrogens is 3. The number of nitrogens with two attached hydrogens (primary N) is 1. The van der Waals surface area contributed by atoms with Gasteiger partial charge >= 0.3 is 6.18 Å². The minimum Gasteiger partial charge on any atom is -0.384 e. The summed E-state index contributed by atoms with van der Waals surface area (Å²) in [6.45, 7) is 2.27. The first-order valence-electron chi connectivity index (χ1n) is 8.93. The van der Waals surface area contributed by atoms with Crippen molar-refractivity contribution in [2.75, 3.05) is 43.2 Å². The fourth-order valence-electron chi connectivity index (χ4n) is 3.30. The van der Waals surface area contributed by atoms with E-state index < -0.39 is 11.7 Å². The maximum absolute atomic E-state index is 13.6. The van der Waals surface area contributed by atoms with Gasteiger partial charge in [0.25, 0.3) is 0 Å². The van der Waals surface area contributed by atoms with Crippen LogP contribution in [0, 0.1) is 0 Å². The highest BCUT2D eigenvalue weighted by atomic mass is 32.2. The molecule has 10 heteroatoms. The summed E-state index contributed by atoms with van der Waals surface area (Å²) in [6.07, 6.45) is 0.465. The Morgan fingerprint density at radius 3 is 2.50 bits per heavy atom. The minimum absolute atomic E-state index is 0.0863. The first-order chi connectivity index (χ1) is 13.3. The average Bonchev–Trinajstić information content (AvgIpc) is 3.49. The number of nitrogens with zero attached hydrogens (tertiary/aromatic N) is 4. The van der Waals surface area contributed by atoms with Gasteiger partial charge in [-0.1, -0.05) is 0 Å². The summed E-state index contributed by atoms with van der Waals surface area (Å²) in [5.74, 6) is 0.252. The lowest BCUT2D eigenvalue weighted by molar-refractivity contribution is -0.137. The smallest absolute Gasteiger partial charge is 0.384 e. The van der Waals surface area contributed by atoms with Gasteiger partial charge in [0.1, 0.15) is 5.82 Å². The van der Waals surface area contributed by atoms with Crippen molar-refractivity contribution < 1.29 is 17.9 Å². The zero-order chi connectivity index (χ0) is 19.9. The van der Waals surface area contributed by atoms with Crippen LogP contribution in [0.3, 0.4) is 0 Å². The molecule has 2 aliphatic rings. The summed E-state index contributed by atoms with van der Waals surface area (Å²) in [6, 6.07) is 2.52. The minimum atomic E-state index is -4.56. The van der Waals surface area contributed by atoms with Crippen molar-refractivity contribution in [3.63, 3.8) is 0 Å². The zero-order valence-corrected chi connectivity index (χ0v) is 16.1. The first-order valence-corrected chi connectivity index (χ1v) is 10.2. The Morgan fingerprint density at radius 2 is 1.89 bits per heavy atom. The SMILES string of the molecule is CSC1(c2cc(-c3cnc(N)cc3C(F)(F)F)nc(N3CCOCC3)n2)CC1. The van der Waals surface area contributed by atoms with E-state index >= 15 is 0 Å². The van der Waals surface area contributed by atoms with Gasteiger partial charge in [0, 0.05) is 24.8 Å². The van der Waals surface area contributed by atoms with Gasteiger partial charge < -0.3 is 15.4 Å². The maximum atomic E-state index is 13.6. The molecule has 150 valence electrons. The molecule has 28 heavy (non-hydrogen) atoms. The molecule has 0 radical (unpaired) electrons. The van der Waals surface area contributed by atoms with Gasteiger partial charge in [0.15, 0.2) is 0 Å². The number of pyridine rings is 1. The van der Waals surface area contributed by atoms with E-state index in [4.69, 9.17) is 15.5 Å². The molecular formula is C18H20F3N5OS. The van der Waals surface area contributed by atoms with Gasteiger partial charge in [-0.25, -0.2) is 15.0 Å². The number of nitrogen functional groups attached to an aromatic ring is 1. The van der Waals surface area contributed by atoms with Crippen LogP contribution in [0.2, 0.25) is 0 Å². The Labute approximate surface area is 164 Å². The summed E-state index contributed by atoms with van der Waals surface area (Å²) in [5, 5.41) is 0. The molecule has 2 fully saturated rings. The molecule has 0 spiro atoms. The molecule has 1 saturated carbocycles. The van der Waals surface area contributed by atoms with E-state index in [1.54, 1.807) is 17.8 Å². The zero-order valence-electron chi connectivity index (χ0n) is 15.3. The quantitative estimate of drug-likeness (QED) is 0.827. The Hall–Kier alpha value is -2.07. The second-order valence-electron chi connectivity index (χ2n) is 6.89. The lowest BCUT2D eigenvalue weighted by atomic mass is 10.0. The second kappa shape index (κ2) is 7.07. The standard InChI is InChI=1S/C18H20F3N5OS/c1-28-17(2-3-17)14-9-13(24-16(25-14)26-4-6-27-7-5-26)11-10-23-15(22)8-12(11)18(19,20)21/h8-10H,2-7H2,1H3,(H2,22,23). The predicted molar refractivity (Wildman–Crippen MR) is 102 cm³/mol. The number of hydrogen-bond acceptors (Lipinski definition) is 7. The van der Waals surface area contributed by atoms with Crippen LogP contribution in [0.1, 0.15) is 24.1 Å². The van der Waals surface area contributed by atoms with E-state index in [1.807, 2.05) is 11.2 Å². The first kappa shape index (κ1) is 19.3. The largest absolute Gasteiger partial charge is 0.417 e. The third-order valence-corrected chi connectivity index (χ3v) is 6.48. The van der Waals surface area contributed by atoms with Crippen LogP contribution in [-0.2, 0) is 15.7 Å². The van der Waals surface area contributed by atoms with Crippen molar-refractivity contribution in [1.29, 1.82) is 0 Å². The lowest BCUT2D eigenvalue weighted by Crippen LogP contribution is -2.37. The third-order valence-electron chi connectivity index (χ3n) is 5.08. The van der Waals surface area contributed by atoms with Crippen LogP contribution in [0.4, 0.5) is 24.9 Å². The number of ether oxygens (including phenoxy) is 1. The molecule has 0 unspecified atom stereocenters. The summed E-state index contributed by atoms with van der Waals surface area (Å²) in [4.78, 5) is 15.0. The van der Waals surface area contributed by atoms with E-state index in [0.29, 0.717) is 32.3 Å². The van der Waals surface area contributed by atoms with E-state index in [-0.39, 0.29) is 21.8 Å². The molecule has 2 aromatic heterocycles. The molecule has 2 aromatic rings. The number of alkyl halides is 3. The monoisotopic (exact) mass is 411 g/mol. The average molecular weight is 411 g/mol. The molecule has 4 rings (SSSR count). The van der Waals surface area contributed by atoms with Crippen LogP contribution in [0.15, 0.2) is 18.3 Å². The molecule has 1 aliphatic carbocycles. The van der Waals surface area contributed by atoms with Crippen molar-refractivity contribution in [1.82, 2.24) is 15.0 Å². The normalized spacial score (nSPS) is 18.9. The maximum Gasteiger partial charge on any atom is 0.417 e. The lowest BCUT2D eigenvalue weighted by Gasteiger charge is -2.28. The van der Waals surface area contributed by atoms with E-state index in [2.05, 4.69) is 9.97 Å². The molecule has 3 heterocycles. The molecule has 6 nitrogen and oxygen atoms in total. The number of rotatable bonds is 4. The van der Waals surface area contributed by atoms with E-state index in [9.17, 15) is 13.2 Å². The fraction of sp³-hybridized carbons (Fsp3) is 0.500. The van der Waals surface area contributed by atoms with Gasteiger partial charge in [-0.15, -0.1) is 0 Å². The summed E-state index contributed by atoms with van der Waals surface area (Å²) >= 11 is 1.67. The van der Waals surface area contributed by atoms with Crippen LogP contribution in [-0.4, -0.2) is 47.5 Å². The van der Waals surface area contributed by atoms with Crippen molar-refractivity contribution in [3.8, 4) is 11.3 Å². The molecule has 2 N–H and O–H groups in total. The Balaban J connectivity index is 1.86. The van der Waals surface area contributed by atoms with Crippen molar-refractivity contribution in [2.24, 2.45) is 0 Å². The van der Waals surface area contributed by atoms with Crippen LogP contribution in [0.25, 0.3) is 11.3 Å². The van der Waals surface area contributed by atoms with Crippen LogP contribution in [0.5, 0.6) is 0 Å². The molecule has 0 bridgehead atoms. The molecule has 0 aromatic carbocycles. The second-order valence-corrected chi connectivity index (χ2v) is 8.08. The van der Waals surface area contributed by atoms with Crippen molar-refractivity contribution in [2.45, 2.75) is 23.8 Å². The Kier molecular flexibility index (Phi) is 4.86. The highest BCUT2D eigenvalue weighted by Gasteiger charge is 2.46. The van der Waals surface area contributed by atoms with Gasteiger partial charge in [0.2, 0.25) is 5.95 Å². The Morgan fingerprint density at radius 1 is 1.18 bits per heavy atom. The summed E-state index contributed by atoms with van der Waals surface area (Å²) in [5.41, 5.74) is 5.56. The van der Waals surface area contributed by atoms with E-state index in [0.717, 1.165) is 30.8 Å². The summed E-state index contributed by atoms with van der Waals surface area (Å²) in [7, 11) is 0. The number of hydrogen-bond donors (Lipinski definition) is 1. The highest BCUT2D eigenvalue weighted by Crippen LogP contribution is 2.56. The summed E-state index contributed by atoms with van der Waals surface area (Å²) < 4.78 is 46.1. The van der Waals surface area contributed by atoms with Gasteiger partial charge in [-0.05, 0) is 31.2 Å². The number of thioether (sulfide) groups is 1. The molecule has 0 atom stereocenters. The van der Waals surface area contributed by atoms with Gasteiger partial charge in [-0.2, -0.15) is 24.9 Å². The molecule has 0 amide bonds. The Bertz CT molecular complexity index is 882. The third kappa shape index (κ3) is 3.62. The number of anilines is 2. The van der Waals surface area contributed by atoms with Crippen LogP contribution >= 0.6 is 11.8 Å². The van der Waals surface area contributed by atoms with E-state index in [1.165, 1.54) is 0 Å². The molecule has 1 aliphatic heterocycles. The van der Waals surface area contributed by atoms with Gasteiger partial charge in [-0.3, -0.25) is 0 Å². The number of morpholine rings is 1. The highest BCUT2D eigenvalue weighted by molar-refractivity contribution is 7.99. The van der Waals surface area contributed by atoms with Crippen LogP contribution < -0.4 is 10.6 Å². The van der Waals surface area contributed by atoms with Crippen molar-refractivity contribution in [3.05, 3.63) is 29.6 Å². The van der Waals surface area contributed by atoms with Crippen molar-refractivity contribution >= 4 is 23.5 Å². The topological polar surface area (TPSA) is 77.2 Å². The molecular weight excluding hydrogens is 391 g/mol. The number of halogens is 3.